The highest BCUT2D eigenvalue weighted by atomic mass is 16.5. The zero-order valence-electron chi connectivity index (χ0n) is 17.9. The summed E-state index contributed by atoms with van der Waals surface area (Å²) in [6, 6.07) is 13.5. The number of carbonyl (C=O) groups is 1. The third kappa shape index (κ3) is 5.70. The number of hydrogen-bond acceptors (Lipinski definition) is 5. The van der Waals surface area contributed by atoms with Crippen molar-refractivity contribution in [2.45, 2.75) is 39.8 Å². The summed E-state index contributed by atoms with van der Waals surface area (Å²) in [5, 5.41) is 6.41. The lowest BCUT2D eigenvalue weighted by molar-refractivity contribution is -0.118. The van der Waals surface area contributed by atoms with E-state index in [0.29, 0.717) is 29.7 Å². The maximum absolute atomic E-state index is 13.0. The van der Waals surface area contributed by atoms with E-state index in [1.165, 1.54) is 12.0 Å². The average Bonchev–Trinajstić information content (AvgIpc) is 3.26. The lowest BCUT2D eigenvalue weighted by atomic mass is 10.0. The molecule has 0 saturated carbocycles. The molecule has 1 atom stereocenters. The minimum Gasteiger partial charge on any atom is -0.496 e. The van der Waals surface area contributed by atoms with Crippen LogP contribution in [0, 0.1) is 12.8 Å². The molecule has 2 N–H and O–H groups in total. The molecule has 0 aliphatic heterocycles. The number of carbonyl (C=O) groups excluding carboxylic acids is 1. The topological polar surface area (TPSA) is 76.4 Å². The summed E-state index contributed by atoms with van der Waals surface area (Å²) in [7, 11) is 1.59. The van der Waals surface area contributed by atoms with Gasteiger partial charge < -0.3 is 19.8 Å². The van der Waals surface area contributed by atoms with Gasteiger partial charge in [-0.05, 0) is 37.0 Å². The number of aryl methyl sites for hydroxylation is 1. The van der Waals surface area contributed by atoms with E-state index in [1.54, 1.807) is 19.4 Å². The molecule has 0 fully saturated rings. The first-order chi connectivity index (χ1) is 14.5. The number of aromatic nitrogens is 1. The van der Waals surface area contributed by atoms with Crippen molar-refractivity contribution >= 4 is 11.6 Å². The number of hydrogen-bond donors (Lipinski definition) is 2. The summed E-state index contributed by atoms with van der Waals surface area (Å²) in [6.45, 7) is 6.93. The van der Waals surface area contributed by atoms with Gasteiger partial charge in [0.2, 0.25) is 5.91 Å². The minimum atomic E-state index is -0.300. The molecule has 1 amide bonds. The van der Waals surface area contributed by atoms with E-state index in [2.05, 4.69) is 60.7 Å². The average molecular weight is 408 g/mol. The Hall–Kier alpha value is -3.12. The minimum absolute atomic E-state index is 0.0646. The first kappa shape index (κ1) is 21.6. The molecule has 2 aromatic carbocycles. The van der Waals surface area contributed by atoms with Crippen LogP contribution in [0.1, 0.15) is 31.4 Å². The number of oxazole rings is 1. The zero-order chi connectivity index (χ0) is 21.5. The molecule has 158 valence electrons. The number of amides is 1. The Morgan fingerprint density at radius 3 is 2.57 bits per heavy atom. The molecule has 6 nitrogen and oxygen atoms in total. The van der Waals surface area contributed by atoms with Crippen LogP contribution in [0.3, 0.4) is 0 Å². The molecular weight excluding hydrogens is 378 g/mol. The first-order valence-corrected chi connectivity index (χ1v) is 10.1. The van der Waals surface area contributed by atoms with Crippen molar-refractivity contribution in [1.29, 1.82) is 0 Å². The second kappa shape index (κ2) is 10.1. The SMILES string of the molecule is COc1cc(NC(=O)[C@@H](CC(C)C)NCc2ccc(C)cc2)ccc1-c1cnco1. The highest BCUT2D eigenvalue weighted by molar-refractivity contribution is 5.95. The summed E-state index contributed by atoms with van der Waals surface area (Å²) < 4.78 is 10.8. The predicted octanol–water partition coefficient (Wildman–Crippen LogP) is 4.80. The van der Waals surface area contributed by atoms with E-state index in [1.807, 2.05) is 12.1 Å². The number of ether oxygens (including phenoxy) is 1. The molecule has 3 aromatic rings. The second-order valence-electron chi connectivity index (χ2n) is 7.82. The van der Waals surface area contributed by atoms with E-state index >= 15 is 0 Å². The largest absolute Gasteiger partial charge is 0.496 e. The fourth-order valence-corrected chi connectivity index (χ4v) is 3.25. The van der Waals surface area contributed by atoms with Crippen LogP contribution in [0.25, 0.3) is 11.3 Å². The molecule has 30 heavy (non-hydrogen) atoms. The molecule has 0 aliphatic carbocycles. The highest BCUT2D eigenvalue weighted by Crippen LogP contribution is 2.32. The van der Waals surface area contributed by atoms with Crippen LogP contribution in [-0.2, 0) is 11.3 Å². The van der Waals surface area contributed by atoms with Gasteiger partial charge in [-0.25, -0.2) is 4.98 Å². The molecule has 6 heteroatoms. The molecule has 0 spiro atoms. The van der Waals surface area contributed by atoms with Gasteiger partial charge in [0.1, 0.15) is 5.75 Å². The van der Waals surface area contributed by atoms with Crippen molar-refractivity contribution in [3.8, 4) is 17.1 Å². The first-order valence-electron chi connectivity index (χ1n) is 10.1. The zero-order valence-corrected chi connectivity index (χ0v) is 17.9. The molecule has 0 unspecified atom stereocenters. The summed E-state index contributed by atoms with van der Waals surface area (Å²) in [4.78, 5) is 16.9. The molecule has 1 heterocycles. The lowest BCUT2D eigenvalue weighted by Gasteiger charge is -2.21. The van der Waals surface area contributed by atoms with Crippen molar-refractivity contribution in [2.24, 2.45) is 5.92 Å². The quantitative estimate of drug-likeness (QED) is 0.533. The summed E-state index contributed by atoms with van der Waals surface area (Å²) in [5.74, 6) is 1.54. The Bertz CT molecular complexity index is 950. The van der Waals surface area contributed by atoms with E-state index < -0.39 is 0 Å². The monoisotopic (exact) mass is 407 g/mol. The number of methoxy groups -OCH3 is 1. The summed E-state index contributed by atoms with van der Waals surface area (Å²) >= 11 is 0. The Morgan fingerprint density at radius 2 is 1.93 bits per heavy atom. The van der Waals surface area contributed by atoms with E-state index in [4.69, 9.17) is 9.15 Å². The maximum Gasteiger partial charge on any atom is 0.241 e. The molecule has 1 aromatic heterocycles. The molecule has 0 aliphatic rings. The lowest BCUT2D eigenvalue weighted by Crippen LogP contribution is -2.41. The van der Waals surface area contributed by atoms with Gasteiger partial charge in [-0.1, -0.05) is 43.7 Å². The Balaban J connectivity index is 1.70. The van der Waals surface area contributed by atoms with Crippen LogP contribution in [0.5, 0.6) is 5.75 Å². The van der Waals surface area contributed by atoms with Gasteiger partial charge in [-0.15, -0.1) is 0 Å². The van der Waals surface area contributed by atoms with Gasteiger partial charge in [-0.3, -0.25) is 4.79 Å². The Labute approximate surface area is 177 Å². The predicted molar refractivity (Wildman–Crippen MR) is 118 cm³/mol. The smallest absolute Gasteiger partial charge is 0.241 e. The van der Waals surface area contributed by atoms with Crippen LogP contribution in [0.2, 0.25) is 0 Å². The van der Waals surface area contributed by atoms with Crippen LogP contribution in [-0.4, -0.2) is 24.0 Å². The second-order valence-corrected chi connectivity index (χ2v) is 7.82. The molecule has 0 saturated heterocycles. The number of nitrogens with one attached hydrogen (secondary N) is 2. The van der Waals surface area contributed by atoms with E-state index in [9.17, 15) is 4.79 Å². The number of benzene rings is 2. The van der Waals surface area contributed by atoms with Crippen molar-refractivity contribution in [2.75, 3.05) is 12.4 Å². The van der Waals surface area contributed by atoms with Crippen LogP contribution in [0.15, 0.2) is 59.5 Å². The summed E-state index contributed by atoms with van der Waals surface area (Å²) in [5.41, 5.74) is 3.83. The molecule has 0 radical (unpaired) electrons. The standard InChI is InChI=1S/C24H29N3O3/c1-16(2)11-21(26-13-18-7-5-17(3)6-8-18)24(28)27-19-9-10-20(22(12-19)29-4)23-14-25-15-30-23/h5-10,12,14-16,21,26H,11,13H2,1-4H3,(H,27,28)/t21-/m1/s1. The van der Waals surface area contributed by atoms with Gasteiger partial charge in [0.15, 0.2) is 12.2 Å². The molecule has 3 rings (SSSR count). The highest BCUT2D eigenvalue weighted by Gasteiger charge is 2.20. The fraction of sp³-hybridized carbons (Fsp3) is 0.333. The van der Waals surface area contributed by atoms with Crippen molar-refractivity contribution < 1.29 is 13.9 Å². The van der Waals surface area contributed by atoms with Crippen molar-refractivity contribution in [3.05, 3.63) is 66.2 Å². The normalized spacial score (nSPS) is 12.0. The van der Waals surface area contributed by atoms with Gasteiger partial charge >= 0.3 is 0 Å². The maximum atomic E-state index is 13.0. The van der Waals surface area contributed by atoms with Crippen molar-refractivity contribution in [3.63, 3.8) is 0 Å². The third-order valence-electron chi connectivity index (χ3n) is 4.86. The Kier molecular flexibility index (Phi) is 7.25. The van der Waals surface area contributed by atoms with Gasteiger partial charge in [0, 0.05) is 18.3 Å². The number of anilines is 1. The summed E-state index contributed by atoms with van der Waals surface area (Å²) in [6.07, 6.45) is 3.75. The Morgan fingerprint density at radius 1 is 1.17 bits per heavy atom. The molecule has 0 bridgehead atoms. The van der Waals surface area contributed by atoms with Crippen LogP contribution in [0.4, 0.5) is 5.69 Å². The van der Waals surface area contributed by atoms with Crippen LogP contribution < -0.4 is 15.4 Å². The molecular formula is C24H29N3O3. The number of rotatable bonds is 9. The number of nitrogens with zero attached hydrogens (tertiary/aromatic N) is 1. The van der Waals surface area contributed by atoms with E-state index in [-0.39, 0.29) is 11.9 Å². The third-order valence-corrected chi connectivity index (χ3v) is 4.86. The van der Waals surface area contributed by atoms with Crippen molar-refractivity contribution in [1.82, 2.24) is 10.3 Å². The van der Waals surface area contributed by atoms with Crippen LogP contribution >= 0.6 is 0 Å². The van der Waals surface area contributed by atoms with Gasteiger partial charge in [0.25, 0.3) is 0 Å². The van der Waals surface area contributed by atoms with Gasteiger partial charge in [-0.2, -0.15) is 0 Å². The fourth-order valence-electron chi connectivity index (χ4n) is 3.25. The van der Waals surface area contributed by atoms with Gasteiger partial charge in [0.05, 0.1) is 24.9 Å². The van der Waals surface area contributed by atoms with E-state index in [0.717, 1.165) is 17.5 Å².